The van der Waals surface area contributed by atoms with Gasteiger partial charge in [-0.3, -0.25) is 9.80 Å². The minimum atomic E-state index is -4.74. The lowest BCUT2D eigenvalue weighted by Crippen LogP contribution is -2.49. The van der Waals surface area contributed by atoms with E-state index in [2.05, 4.69) is 15.6 Å². The van der Waals surface area contributed by atoms with E-state index in [9.17, 15) is 28.3 Å². The molecule has 8 nitrogen and oxygen atoms in total. The molecule has 0 bridgehead atoms. The fraction of sp³-hybridized carbons (Fsp3) is 0.321. The summed E-state index contributed by atoms with van der Waals surface area (Å²) in [5.41, 5.74) is -1.93. The van der Waals surface area contributed by atoms with Crippen LogP contribution in [0.15, 0.2) is 42.6 Å². The number of nitriles is 1. The Balaban J connectivity index is 1.57. The van der Waals surface area contributed by atoms with Crippen molar-refractivity contribution in [1.82, 2.24) is 10.3 Å². The van der Waals surface area contributed by atoms with E-state index in [0.29, 0.717) is 19.3 Å². The van der Waals surface area contributed by atoms with Crippen LogP contribution in [-0.4, -0.2) is 47.9 Å². The van der Waals surface area contributed by atoms with E-state index in [1.165, 1.54) is 18.2 Å². The highest BCUT2D eigenvalue weighted by Gasteiger charge is 2.39. The molecule has 5 rings (SSSR count). The van der Waals surface area contributed by atoms with Crippen molar-refractivity contribution in [2.24, 2.45) is 0 Å². The minimum absolute atomic E-state index is 0.0209. The second-order valence-corrected chi connectivity index (χ2v) is 9.72. The predicted octanol–water partition coefficient (Wildman–Crippen LogP) is 5.54. The van der Waals surface area contributed by atoms with E-state index in [1.54, 1.807) is 6.92 Å². The number of nitrogens with zero attached hydrogens (tertiary/aromatic N) is 4. The van der Waals surface area contributed by atoms with Gasteiger partial charge in [0.05, 0.1) is 29.0 Å². The number of nitrogens with one attached hydrogen (secondary N) is 2. The van der Waals surface area contributed by atoms with Crippen molar-refractivity contribution >= 4 is 28.9 Å². The van der Waals surface area contributed by atoms with Crippen LogP contribution in [-0.2, 0) is 6.18 Å². The number of carbonyl (C=O) groups excluding carboxylic acids is 1. The average molecular weight is 573 g/mol. The number of fused-ring (bicyclic) bond motifs is 3. The average Bonchev–Trinajstić information content (AvgIpc) is 3.02. The van der Waals surface area contributed by atoms with Gasteiger partial charge < -0.3 is 15.7 Å². The van der Waals surface area contributed by atoms with Gasteiger partial charge in [0.15, 0.2) is 11.6 Å². The summed E-state index contributed by atoms with van der Waals surface area (Å²) >= 11 is 0. The zero-order chi connectivity index (χ0) is 29.5. The van der Waals surface area contributed by atoms with Crippen LogP contribution in [0.3, 0.4) is 0 Å². The third-order valence-electron chi connectivity index (χ3n) is 7.19. The SMILES string of the molecule is CCN1C(=O)N(c2c(F)cc(NCCN[C@@H]3CC[C@@H]3O)cc2F)c2cc(C#N)ccc2-c2cc(C(F)(F)F)cnc21. The molecule has 2 amide bonds. The number of pyridine rings is 1. The van der Waals surface area contributed by atoms with Gasteiger partial charge in [0, 0.05) is 48.7 Å². The molecule has 0 saturated heterocycles. The number of anilines is 4. The smallest absolute Gasteiger partial charge is 0.392 e. The summed E-state index contributed by atoms with van der Waals surface area (Å²) in [7, 11) is 0. The van der Waals surface area contributed by atoms with Gasteiger partial charge in [-0.2, -0.15) is 18.4 Å². The second-order valence-electron chi connectivity index (χ2n) is 9.72. The maximum absolute atomic E-state index is 15.6. The largest absolute Gasteiger partial charge is 0.417 e. The van der Waals surface area contributed by atoms with Crippen LogP contribution in [0.1, 0.15) is 30.9 Å². The van der Waals surface area contributed by atoms with Crippen molar-refractivity contribution in [3.05, 3.63) is 65.4 Å². The molecule has 0 spiro atoms. The van der Waals surface area contributed by atoms with E-state index in [0.717, 1.165) is 40.8 Å². The molecule has 1 saturated carbocycles. The number of alkyl halides is 3. The summed E-state index contributed by atoms with van der Waals surface area (Å²) in [5, 5.41) is 25.2. The summed E-state index contributed by atoms with van der Waals surface area (Å²) in [6.45, 7) is 2.19. The number of benzene rings is 2. The maximum Gasteiger partial charge on any atom is 0.417 e. The number of urea groups is 1. The van der Waals surface area contributed by atoms with Crippen molar-refractivity contribution in [1.29, 1.82) is 5.26 Å². The molecule has 1 aromatic heterocycles. The lowest BCUT2D eigenvalue weighted by Gasteiger charge is -2.33. The van der Waals surface area contributed by atoms with Crippen LogP contribution < -0.4 is 20.4 Å². The van der Waals surface area contributed by atoms with Gasteiger partial charge in [0.1, 0.15) is 11.5 Å². The monoisotopic (exact) mass is 572 g/mol. The van der Waals surface area contributed by atoms with Gasteiger partial charge in [-0.1, -0.05) is 6.07 Å². The van der Waals surface area contributed by atoms with E-state index >= 15 is 8.78 Å². The Bertz CT molecular complexity index is 1520. The number of rotatable bonds is 7. The zero-order valence-corrected chi connectivity index (χ0v) is 21.8. The molecular weight excluding hydrogens is 547 g/mol. The zero-order valence-electron chi connectivity index (χ0n) is 21.8. The number of carbonyl (C=O) groups is 1. The third kappa shape index (κ3) is 5.28. The Kier molecular flexibility index (Phi) is 7.54. The van der Waals surface area contributed by atoms with Gasteiger partial charge in [-0.15, -0.1) is 0 Å². The number of halogens is 5. The normalized spacial score (nSPS) is 18.2. The molecule has 41 heavy (non-hydrogen) atoms. The molecule has 2 heterocycles. The molecule has 0 radical (unpaired) electrons. The summed E-state index contributed by atoms with van der Waals surface area (Å²) in [6, 6.07) is 7.60. The van der Waals surface area contributed by atoms with Crippen molar-refractivity contribution in [2.45, 2.75) is 38.1 Å². The first-order chi connectivity index (χ1) is 19.5. The number of aromatic nitrogens is 1. The summed E-state index contributed by atoms with van der Waals surface area (Å²) in [4.78, 5) is 19.5. The Morgan fingerprint density at radius 1 is 1.10 bits per heavy atom. The molecule has 0 unspecified atom stereocenters. The van der Waals surface area contributed by atoms with E-state index in [4.69, 9.17) is 0 Å². The van der Waals surface area contributed by atoms with Gasteiger partial charge in [-0.25, -0.2) is 18.6 Å². The first kappa shape index (κ1) is 28.3. The molecule has 13 heteroatoms. The summed E-state index contributed by atoms with van der Waals surface area (Å²) in [5.74, 6) is -2.34. The molecule has 1 aliphatic carbocycles. The fourth-order valence-electron chi connectivity index (χ4n) is 4.92. The molecule has 214 valence electrons. The number of aliphatic hydroxyl groups is 1. The Morgan fingerprint density at radius 2 is 1.83 bits per heavy atom. The number of hydrogen-bond donors (Lipinski definition) is 3. The Labute approximate surface area is 232 Å². The first-order valence-corrected chi connectivity index (χ1v) is 12.9. The van der Waals surface area contributed by atoms with Gasteiger partial charge in [0.25, 0.3) is 0 Å². The quantitative estimate of drug-likeness (QED) is 0.254. The van der Waals surface area contributed by atoms with Gasteiger partial charge in [0.2, 0.25) is 0 Å². The highest BCUT2D eigenvalue weighted by atomic mass is 19.4. The van der Waals surface area contributed by atoms with Crippen LogP contribution >= 0.6 is 0 Å². The highest BCUT2D eigenvalue weighted by molar-refractivity contribution is 6.15. The first-order valence-electron chi connectivity index (χ1n) is 12.9. The fourth-order valence-corrected chi connectivity index (χ4v) is 4.92. The van der Waals surface area contributed by atoms with Gasteiger partial charge >= 0.3 is 12.2 Å². The predicted molar refractivity (Wildman–Crippen MR) is 142 cm³/mol. The maximum atomic E-state index is 15.6. The second kappa shape index (κ2) is 10.9. The minimum Gasteiger partial charge on any atom is -0.392 e. The molecule has 2 atom stereocenters. The van der Waals surface area contributed by atoms with E-state index in [1.807, 2.05) is 6.07 Å². The number of hydrogen-bond acceptors (Lipinski definition) is 6. The molecule has 3 aromatic rings. The van der Waals surface area contributed by atoms with Gasteiger partial charge in [-0.05, 0) is 50.1 Å². The Morgan fingerprint density at radius 3 is 2.41 bits per heavy atom. The van der Waals surface area contributed by atoms with E-state index in [-0.39, 0.29) is 46.5 Å². The lowest BCUT2D eigenvalue weighted by atomic mass is 9.89. The number of aliphatic hydroxyl groups excluding tert-OH is 1. The lowest BCUT2D eigenvalue weighted by molar-refractivity contribution is -0.137. The van der Waals surface area contributed by atoms with Crippen LogP contribution in [0.25, 0.3) is 11.1 Å². The molecule has 1 aliphatic heterocycles. The molecular formula is C28H25F5N6O2. The topological polar surface area (TPSA) is 105 Å². The van der Waals surface area contributed by atoms with E-state index < -0.39 is 41.2 Å². The standard InChI is InChI=1S/C28H25F5N6O2/c1-2-38-26-19(10-16(14-37-26)28(31,32)33)18-4-3-15(13-34)9-23(18)39(27(38)41)25-20(29)11-17(12-21(25)30)35-7-8-36-22-5-6-24(22)40/h3-4,9-12,14,22,24,35-36,40H,2,5-8H2,1H3/t22-,24+/m1/s1. The van der Waals surface area contributed by atoms with Crippen molar-refractivity contribution in [3.63, 3.8) is 0 Å². The molecule has 2 aliphatic rings. The molecule has 3 N–H and O–H groups in total. The van der Waals surface area contributed by atoms with Crippen LogP contribution in [0.5, 0.6) is 0 Å². The highest BCUT2D eigenvalue weighted by Crippen LogP contribution is 2.46. The molecule has 2 aromatic carbocycles. The Hall–Kier alpha value is -4.28. The van der Waals surface area contributed by atoms with Crippen LogP contribution in [0, 0.1) is 23.0 Å². The van der Waals surface area contributed by atoms with Crippen molar-refractivity contribution < 1.29 is 31.9 Å². The van der Waals surface area contributed by atoms with Crippen molar-refractivity contribution in [3.8, 4) is 17.2 Å². The van der Waals surface area contributed by atoms with Crippen LogP contribution in [0.4, 0.5) is 49.6 Å². The summed E-state index contributed by atoms with van der Waals surface area (Å²) < 4.78 is 72.0. The van der Waals surface area contributed by atoms with Crippen molar-refractivity contribution in [2.75, 3.05) is 34.8 Å². The number of amides is 2. The molecule has 1 fully saturated rings. The van der Waals surface area contributed by atoms with Crippen LogP contribution in [0.2, 0.25) is 0 Å². The summed E-state index contributed by atoms with van der Waals surface area (Å²) in [6.07, 6.45) is -3.00. The third-order valence-corrected chi connectivity index (χ3v) is 7.19.